The van der Waals surface area contributed by atoms with Crippen LogP contribution in [0.15, 0.2) is 12.1 Å². The number of hydrogen-bond acceptors (Lipinski definition) is 4. The molecule has 0 aliphatic carbocycles. The maximum absolute atomic E-state index is 12.7. The average molecular weight is 309 g/mol. The Morgan fingerprint density at radius 3 is 2.30 bits per heavy atom. The van der Waals surface area contributed by atoms with Gasteiger partial charge in [-0.15, -0.1) is 4.72 Å². The van der Waals surface area contributed by atoms with Gasteiger partial charge >= 0.3 is 6.18 Å². The maximum atomic E-state index is 12.7. The molecular weight excluding hydrogens is 291 g/mol. The molecule has 0 aromatic carbocycles. The van der Waals surface area contributed by atoms with Crippen LogP contribution in [0.1, 0.15) is 45.1 Å². The number of nitrogens with two attached hydrogens (primary N) is 1. The van der Waals surface area contributed by atoms with Gasteiger partial charge < -0.3 is 10.3 Å². The van der Waals surface area contributed by atoms with Gasteiger partial charge in [0.2, 0.25) is 0 Å². The molecule has 0 saturated heterocycles. The minimum Gasteiger partial charge on any atom is -0.598 e. The predicted octanol–water partition coefficient (Wildman–Crippen LogP) is 2.80. The lowest BCUT2D eigenvalue weighted by Crippen LogP contribution is -2.40. The van der Waals surface area contributed by atoms with E-state index in [2.05, 4.69) is 9.71 Å². The molecule has 0 amide bonds. The molecule has 2 atom stereocenters. The second-order valence-corrected chi connectivity index (χ2v) is 7.43. The number of aromatic nitrogens is 1. The zero-order valence-electron chi connectivity index (χ0n) is 11.7. The second-order valence-electron chi connectivity index (χ2n) is 5.43. The van der Waals surface area contributed by atoms with Crippen LogP contribution < -0.4 is 10.5 Å². The molecule has 4 nitrogen and oxygen atoms in total. The van der Waals surface area contributed by atoms with E-state index in [1.54, 1.807) is 27.7 Å². The molecule has 20 heavy (non-hydrogen) atoms. The summed E-state index contributed by atoms with van der Waals surface area (Å²) >= 11 is -1.41. The van der Waals surface area contributed by atoms with Crippen molar-refractivity contribution in [2.45, 2.75) is 44.7 Å². The van der Waals surface area contributed by atoms with Crippen molar-refractivity contribution in [2.75, 3.05) is 5.73 Å². The molecular formula is C12H18F3N3OS. The molecule has 1 unspecified atom stereocenters. The Morgan fingerprint density at radius 1 is 1.30 bits per heavy atom. The highest BCUT2D eigenvalue weighted by Crippen LogP contribution is 2.30. The van der Waals surface area contributed by atoms with Gasteiger partial charge in [0, 0.05) is 17.0 Å². The summed E-state index contributed by atoms with van der Waals surface area (Å²) in [5.41, 5.74) is 4.49. The van der Waals surface area contributed by atoms with Crippen molar-refractivity contribution in [1.29, 1.82) is 0 Å². The highest BCUT2D eigenvalue weighted by Gasteiger charge is 2.34. The second kappa shape index (κ2) is 5.79. The Balaban J connectivity index is 2.99. The molecule has 114 valence electrons. The lowest BCUT2D eigenvalue weighted by Gasteiger charge is -2.26. The zero-order valence-corrected chi connectivity index (χ0v) is 12.5. The average Bonchev–Trinajstić information content (AvgIpc) is 2.25. The van der Waals surface area contributed by atoms with Crippen LogP contribution >= 0.6 is 0 Å². The van der Waals surface area contributed by atoms with Crippen LogP contribution in [0.3, 0.4) is 0 Å². The molecule has 0 saturated carbocycles. The van der Waals surface area contributed by atoms with Gasteiger partial charge in [-0.05, 0) is 39.8 Å². The Morgan fingerprint density at radius 2 is 1.85 bits per heavy atom. The molecule has 0 fully saturated rings. The smallest absolute Gasteiger partial charge is 0.433 e. The number of pyridine rings is 1. The van der Waals surface area contributed by atoms with Gasteiger partial charge in [-0.3, -0.25) is 0 Å². The minimum absolute atomic E-state index is 0.0301. The first-order valence-electron chi connectivity index (χ1n) is 5.94. The lowest BCUT2D eigenvalue weighted by molar-refractivity contribution is -0.141. The quantitative estimate of drug-likeness (QED) is 0.842. The molecule has 3 N–H and O–H groups in total. The fourth-order valence-electron chi connectivity index (χ4n) is 1.34. The molecule has 1 rings (SSSR count). The van der Waals surface area contributed by atoms with E-state index in [0.29, 0.717) is 0 Å². The van der Waals surface area contributed by atoms with Crippen molar-refractivity contribution >= 4 is 17.0 Å². The van der Waals surface area contributed by atoms with Crippen LogP contribution in [-0.4, -0.2) is 14.3 Å². The van der Waals surface area contributed by atoms with Gasteiger partial charge in [-0.25, -0.2) is 4.98 Å². The van der Waals surface area contributed by atoms with Gasteiger partial charge in [-0.1, -0.05) is 0 Å². The van der Waals surface area contributed by atoms with Crippen LogP contribution in [0.2, 0.25) is 0 Å². The van der Waals surface area contributed by atoms with Crippen molar-refractivity contribution in [3.05, 3.63) is 23.5 Å². The maximum Gasteiger partial charge on any atom is 0.433 e. The summed E-state index contributed by atoms with van der Waals surface area (Å²) in [6.45, 7) is 6.87. The lowest BCUT2D eigenvalue weighted by atomic mass is 10.2. The highest BCUT2D eigenvalue weighted by molar-refractivity contribution is 7.90. The monoisotopic (exact) mass is 309 g/mol. The number of rotatable bonds is 3. The van der Waals surface area contributed by atoms with Crippen LogP contribution in [0.4, 0.5) is 18.9 Å². The fourth-order valence-corrected chi connectivity index (χ4v) is 2.13. The first kappa shape index (κ1) is 17.1. The van der Waals surface area contributed by atoms with Crippen molar-refractivity contribution in [3.8, 4) is 0 Å². The number of hydrogen-bond donors (Lipinski definition) is 2. The Labute approximate surface area is 119 Å². The standard InChI is InChI=1S/C12H18F3N3OS/c1-7(18-20(19)11(2,3)4)9-5-8(16)6-10(17-9)12(13,14)15/h5-7,18H,1-4H3,(H2,16,17)/t7-,20?/m1/s1. The van der Waals surface area contributed by atoms with Crippen molar-refractivity contribution in [3.63, 3.8) is 0 Å². The van der Waals surface area contributed by atoms with Crippen LogP contribution in [-0.2, 0) is 17.5 Å². The summed E-state index contributed by atoms with van der Waals surface area (Å²) < 4.78 is 52.1. The Hall–Kier alpha value is -0.990. The number of nitrogens with one attached hydrogen (secondary N) is 1. The largest absolute Gasteiger partial charge is 0.598 e. The van der Waals surface area contributed by atoms with E-state index in [4.69, 9.17) is 5.73 Å². The number of halogens is 3. The number of nitrogens with zero attached hydrogens (tertiary/aromatic N) is 1. The number of alkyl halides is 3. The highest BCUT2D eigenvalue weighted by atomic mass is 32.2. The molecule has 1 aromatic rings. The summed E-state index contributed by atoms with van der Waals surface area (Å²) in [6, 6.07) is 1.50. The van der Waals surface area contributed by atoms with E-state index in [9.17, 15) is 17.7 Å². The zero-order chi connectivity index (χ0) is 15.7. The minimum atomic E-state index is -4.56. The van der Waals surface area contributed by atoms with Crippen LogP contribution in [0.5, 0.6) is 0 Å². The fraction of sp³-hybridized carbons (Fsp3) is 0.583. The van der Waals surface area contributed by atoms with Crippen molar-refractivity contribution in [1.82, 2.24) is 9.71 Å². The molecule has 1 aromatic heterocycles. The van der Waals surface area contributed by atoms with E-state index in [1.807, 2.05) is 0 Å². The van der Waals surface area contributed by atoms with Crippen LogP contribution in [0.25, 0.3) is 0 Å². The van der Waals surface area contributed by atoms with E-state index < -0.39 is 34.0 Å². The van der Waals surface area contributed by atoms with Crippen LogP contribution in [0, 0.1) is 0 Å². The third-order valence-corrected chi connectivity index (χ3v) is 4.12. The molecule has 0 spiro atoms. The van der Waals surface area contributed by atoms with E-state index in [1.165, 1.54) is 6.07 Å². The van der Waals surface area contributed by atoms with Gasteiger partial charge in [0.15, 0.2) is 0 Å². The third kappa shape index (κ3) is 4.53. The van der Waals surface area contributed by atoms with Gasteiger partial charge in [-0.2, -0.15) is 13.2 Å². The molecule has 0 aliphatic rings. The molecule has 1 heterocycles. The van der Waals surface area contributed by atoms with E-state index >= 15 is 0 Å². The molecule has 0 radical (unpaired) electrons. The van der Waals surface area contributed by atoms with Gasteiger partial charge in [0.1, 0.15) is 10.4 Å². The number of nitrogen functional groups attached to an aromatic ring is 1. The third-order valence-electron chi connectivity index (χ3n) is 2.44. The summed E-state index contributed by atoms with van der Waals surface area (Å²) in [5, 5.41) is 0. The van der Waals surface area contributed by atoms with Gasteiger partial charge in [0.05, 0.1) is 11.7 Å². The predicted molar refractivity (Wildman–Crippen MR) is 73.1 cm³/mol. The summed E-state index contributed by atoms with van der Waals surface area (Å²) in [4.78, 5) is 3.54. The normalized spacial score (nSPS) is 16.0. The van der Waals surface area contributed by atoms with Crippen molar-refractivity contribution < 1.29 is 17.7 Å². The van der Waals surface area contributed by atoms with E-state index in [-0.39, 0.29) is 11.4 Å². The summed E-state index contributed by atoms with van der Waals surface area (Å²) in [5.74, 6) is 0. The summed E-state index contributed by atoms with van der Waals surface area (Å²) in [6.07, 6.45) is -4.56. The SMILES string of the molecule is C[C@@H](N[S+]([O-])C(C)(C)C)c1cc(N)cc(C(F)(F)F)n1. The number of anilines is 1. The Bertz CT molecular complexity index is 474. The first-order chi connectivity index (χ1) is 8.91. The van der Waals surface area contributed by atoms with E-state index in [0.717, 1.165) is 6.07 Å². The Kier molecular flexibility index (Phi) is 4.94. The summed E-state index contributed by atoms with van der Waals surface area (Å²) in [7, 11) is 0. The molecule has 0 aliphatic heterocycles. The van der Waals surface area contributed by atoms with Crippen molar-refractivity contribution in [2.24, 2.45) is 0 Å². The van der Waals surface area contributed by atoms with Gasteiger partial charge in [0.25, 0.3) is 0 Å². The molecule has 0 bridgehead atoms. The topological polar surface area (TPSA) is 74.0 Å². The first-order valence-corrected chi connectivity index (χ1v) is 7.09. The molecule has 8 heteroatoms.